The number of hydrogen-bond acceptors (Lipinski definition) is 5. The first-order chi connectivity index (χ1) is 14.6. The average molecular weight is 416 g/mol. The van der Waals surface area contributed by atoms with E-state index in [1.807, 2.05) is 85.8 Å². The molecule has 6 heteroatoms. The number of nitrogens with zero attached hydrogens (tertiary/aromatic N) is 1. The van der Waals surface area contributed by atoms with Gasteiger partial charge in [0.15, 0.2) is 0 Å². The van der Waals surface area contributed by atoms with Gasteiger partial charge in [0, 0.05) is 16.0 Å². The van der Waals surface area contributed by atoms with Crippen LogP contribution in [-0.4, -0.2) is 13.0 Å². The lowest BCUT2D eigenvalue weighted by atomic mass is 10.2. The maximum atomic E-state index is 12.7. The highest BCUT2D eigenvalue weighted by Crippen LogP contribution is 2.33. The zero-order chi connectivity index (χ0) is 21.3. The van der Waals surface area contributed by atoms with E-state index in [0.29, 0.717) is 17.1 Å². The molecule has 0 aliphatic carbocycles. The molecule has 0 saturated heterocycles. The fraction of sp³-hybridized carbons (Fsp3) is 0.0833. The number of aryl methyl sites for hydroxylation is 1. The first-order valence-electron chi connectivity index (χ1n) is 9.25. The summed E-state index contributed by atoms with van der Waals surface area (Å²) in [5, 5.41) is 15.3. The van der Waals surface area contributed by atoms with Crippen LogP contribution in [0.5, 0.6) is 5.75 Å². The minimum atomic E-state index is -0.488. The van der Waals surface area contributed by atoms with Crippen LogP contribution in [0.4, 0.5) is 11.4 Å². The van der Waals surface area contributed by atoms with Crippen molar-refractivity contribution < 1.29 is 9.53 Å². The summed E-state index contributed by atoms with van der Waals surface area (Å²) in [5.41, 5.74) is 2.31. The Morgan fingerprint density at radius 3 is 2.50 bits per heavy atom. The highest BCUT2D eigenvalue weighted by Gasteiger charge is 2.13. The van der Waals surface area contributed by atoms with Crippen molar-refractivity contribution in [1.29, 1.82) is 5.26 Å². The number of amides is 1. The van der Waals surface area contributed by atoms with Gasteiger partial charge in [-0.15, -0.1) is 0 Å². The monoisotopic (exact) mass is 415 g/mol. The fourth-order valence-corrected chi connectivity index (χ4v) is 3.62. The van der Waals surface area contributed by atoms with Crippen molar-refractivity contribution in [3.8, 4) is 11.8 Å². The molecule has 3 aromatic carbocycles. The lowest BCUT2D eigenvalue weighted by Crippen LogP contribution is -2.15. The first-order valence-corrected chi connectivity index (χ1v) is 10.1. The standard InChI is InChI=1S/C24H21N3O2S/c1-17-12-13-22(29-2)21(14-17)26-16-18(15-25)24(28)27-20-10-6-7-11-23(20)30-19-8-4-3-5-9-19/h3-14,16,26H,1-2H3,(H,27,28)/b18-16-. The number of carbonyl (C=O) groups excluding carboxylic acids is 1. The number of para-hydroxylation sites is 1. The third-order valence-corrected chi connectivity index (χ3v) is 5.28. The minimum absolute atomic E-state index is 0.0435. The molecule has 0 saturated carbocycles. The zero-order valence-corrected chi connectivity index (χ0v) is 17.5. The average Bonchev–Trinajstić information content (AvgIpc) is 2.76. The van der Waals surface area contributed by atoms with E-state index in [1.165, 1.54) is 6.20 Å². The van der Waals surface area contributed by atoms with Crippen LogP contribution in [0.15, 0.2) is 94.4 Å². The summed E-state index contributed by atoms with van der Waals surface area (Å²) in [5.74, 6) is 0.136. The van der Waals surface area contributed by atoms with Crippen LogP contribution < -0.4 is 15.4 Å². The number of rotatable bonds is 7. The SMILES string of the molecule is COc1ccc(C)cc1N/C=C(/C#N)C(=O)Nc1ccccc1Sc1ccccc1. The van der Waals surface area contributed by atoms with Gasteiger partial charge in [-0.1, -0.05) is 48.2 Å². The quantitative estimate of drug-likeness (QED) is 0.387. The number of nitrogens with one attached hydrogen (secondary N) is 2. The lowest BCUT2D eigenvalue weighted by molar-refractivity contribution is -0.112. The van der Waals surface area contributed by atoms with E-state index in [-0.39, 0.29) is 5.57 Å². The molecule has 2 N–H and O–H groups in total. The van der Waals surface area contributed by atoms with Gasteiger partial charge >= 0.3 is 0 Å². The maximum Gasteiger partial charge on any atom is 0.267 e. The third kappa shape index (κ3) is 5.43. The predicted octanol–water partition coefficient (Wildman–Crippen LogP) is 5.61. The van der Waals surface area contributed by atoms with E-state index in [1.54, 1.807) is 18.9 Å². The van der Waals surface area contributed by atoms with Crippen LogP contribution in [0.1, 0.15) is 5.56 Å². The molecule has 150 valence electrons. The van der Waals surface area contributed by atoms with Crippen molar-refractivity contribution >= 4 is 29.0 Å². The van der Waals surface area contributed by atoms with E-state index in [2.05, 4.69) is 10.6 Å². The molecule has 0 aliphatic rings. The molecule has 0 aromatic heterocycles. The van der Waals surface area contributed by atoms with Crippen LogP contribution in [0, 0.1) is 18.3 Å². The Morgan fingerprint density at radius 1 is 1.03 bits per heavy atom. The summed E-state index contributed by atoms with van der Waals surface area (Å²) < 4.78 is 5.32. The third-order valence-electron chi connectivity index (χ3n) is 4.20. The summed E-state index contributed by atoms with van der Waals surface area (Å²) in [7, 11) is 1.57. The van der Waals surface area contributed by atoms with Gasteiger partial charge in [0.25, 0.3) is 5.91 Å². The Labute approximate surface area is 180 Å². The van der Waals surface area contributed by atoms with Crippen LogP contribution >= 0.6 is 11.8 Å². The molecular weight excluding hydrogens is 394 g/mol. The number of anilines is 2. The van der Waals surface area contributed by atoms with Crippen LogP contribution in [0.2, 0.25) is 0 Å². The molecule has 1 amide bonds. The van der Waals surface area contributed by atoms with Crippen molar-refractivity contribution in [1.82, 2.24) is 0 Å². The molecule has 0 unspecified atom stereocenters. The highest BCUT2D eigenvalue weighted by molar-refractivity contribution is 7.99. The molecule has 0 bridgehead atoms. The minimum Gasteiger partial charge on any atom is -0.495 e. The van der Waals surface area contributed by atoms with Gasteiger partial charge in [-0.25, -0.2) is 0 Å². The number of methoxy groups -OCH3 is 1. The van der Waals surface area contributed by atoms with Gasteiger partial charge in [0.1, 0.15) is 17.4 Å². The Bertz CT molecular complexity index is 1100. The summed E-state index contributed by atoms with van der Waals surface area (Å²) in [6.45, 7) is 1.95. The molecule has 30 heavy (non-hydrogen) atoms. The number of hydrogen-bond donors (Lipinski definition) is 2. The van der Waals surface area contributed by atoms with Crippen molar-refractivity contribution in [2.75, 3.05) is 17.7 Å². The molecule has 0 fully saturated rings. The molecule has 0 radical (unpaired) electrons. The number of ether oxygens (including phenoxy) is 1. The second kappa shape index (κ2) is 10.2. The number of nitriles is 1. The van der Waals surface area contributed by atoms with Crippen LogP contribution in [0.3, 0.4) is 0 Å². The lowest BCUT2D eigenvalue weighted by Gasteiger charge is -2.11. The fourth-order valence-electron chi connectivity index (χ4n) is 2.70. The predicted molar refractivity (Wildman–Crippen MR) is 121 cm³/mol. The second-order valence-corrected chi connectivity index (χ2v) is 7.50. The van der Waals surface area contributed by atoms with Crippen LogP contribution in [-0.2, 0) is 4.79 Å². The van der Waals surface area contributed by atoms with E-state index in [9.17, 15) is 10.1 Å². The zero-order valence-electron chi connectivity index (χ0n) is 16.7. The Balaban J connectivity index is 1.77. The second-order valence-electron chi connectivity index (χ2n) is 6.38. The first kappa shape index (κ1) is 21.0. The largest absolute Gasteiger partial charge is 0.495 e. The molecule has 5 nitrogen and oxygen atoms in total. The Kier molecular flexibility index (Phi) is 7.14. The Hall–Kier alpha value is -3.69. The van der Waals surface area contributed by atoms with Crippen molar-refractivity contribution in [2.24, 2.45) is 0 Å². The van der Waals surface area contributed by atoms with E-state index in [4.69, 9.17) is 4.74 Å². The molecule has 0 heterocycles. The highest BCUT2D eigenvalue weighted by atomic mass is 32.2. The smallest absolute Gasteiger partial charge is 0.267 e. The molecule has 0 spiro atoms. The Morgan fingerprint density at radius 2 is 1.77 bits per heavy atom. The summed E-state index contributed by atoms with van der Waals surface area (Å²) in [4.78, 5) is 14.7. The number of benzene rings is 3. The van der Waals surface area contributed by atoms with Gasteiger partial charge in [-0.3, -0.25) is 4.79 Å². The van der Waals surface area contributed by atoms with Crippen molar-refractivity contribution in [3.63, 3.8) is 0 Å². The number of carbonyl (C=O) groups is 1. The van der Waals surface area contributed by atoms with Gasteiger partial charge < -0.3 is 15.4 Å². The summed E-state index contributed by atoms with van der Waals surface area (Å²) in [6, 6.07) is 25.0. The van der Waals surface area contributed by atoms with E-state index >= 15 is 0 Å². The van der Waals surface area contributed by atoms with Gasteiger partial charge in [-0.05, 0) is 48.9 Å². The molecule has 3 aromatic rings. The summed E-state index contributed by atoms with van der Waals surface area (Å²) in [6.07, 6.45) is 1.39. The van der Waals surface area contributed by atoms with Gasteiger partial charge in [-0.2, -0.15) is 5.26 Å². The van der Waals surface area contributed by atoms with Gasteiger partial charge in [0.05, 0.1) is 18.5 Å². The molecule has 0 atom stereocenters. The summed E-state index contributed by atoms with van der Waals surface area (Å²) >= 11 is 1.54. The van der Waals surface area contributed by atoms with Crippen molar-refractivity contribution in [2.45, 2.75) is 16.7 Å². The molecular formula is C24H21N3O2S. The van der Waals surface area contributed by atoms with E-state index in [0.717, 1.165) is 15.4 Å². The molecule has 3 rings (SSSR count). The topological polar surface area (TPSA) is 74.1 Å². The van der Waals surface area contributed by atoms with E-state index < -0.39 is 5.91 Å². The van der Waals surface area contributed by atoms with Gasteiger partial charge in [0.2, 0.25) is 0 Å². The maximum absolute atomic E-state index is 12.7. The normalized spacial score (nSPS) is 10.8. The van der Waals surface area contributed by atoms with Crippen LogP contribution in [0.25, 0.3) is 0 Å². The molecule has 0 aliphatic heterocycles. The van der Waals surface area contributed by atoms with Crippen molar-refractivity contribution in [3.05, 3.63) is 90.1 Å².